The third-order valence-corrected chi connectivity index (χ3v) is 6.29. The number of benzene rings is 3. The molecule has 0 radical (unpaired) electrons. The molecule has 11 heteroatoms. The molecule has 38 heavy (non-hydrogen) atoms. The van der Waals surface area contributed by atoms with E-state index in [0.717, 1.165) is 10.5 Å². The molecule has 0 saturated carbocycles. The molecule has 0 bridgehead atoms. The van der Waals surface area contributed by atoms with Crippen LogP contribution in [-0.4, -0.2) is 30.4 Å². The van der Waals surface area contributed by atoms with Crippen LogP contribution in [0.2, 0.25) is 15.1 Å². The fraction of sp³-hybridized carbons (Fsp3) is 0.111. The minimum Gasteiger partial charge on any atom is -0.481 e. The number of urea groups is 1. The van der Waals surface area contributed by atoms with Crippen LogP contribution in [0.15, 0.2) is 60.2 Å². The number of rotatable bonds is 6. The molecule has 3 aromatic rings. The zero-order chi connectivity index (χ0) is 27.6. The predicted molar refractivity (Wildman–Crippen MR) is 147 cm³/mol. The Morgan fingerprint density at radius 3 is 2.39 bits per heavy atom. The Balaban J connectivity index is 1.55. The van der Waals surface area contributed by atoms with Crippen molar-refractivity contribution in [2.75, 3.05) is 16.8 Å². The quantitative estimate of drug-likeness (QED) is 0.281. The number of nitrogens with one attached hydrogen (secondary N) is 2. The van der Waals surface area contributed by atoms with Crippen LogP contribution in [0.3, 0.4) is 0 Å². The molecule has 3 aromatic carbocycles. The Bertz CT molecular complexity index is 1500. The summed E-state index contributed by atoms with van der Waals surface area (Å²) in [7, 11) is 0. The van der Waals surface area contributed by atoms with E-state index in [2.05, 4.69) is 10.6 Å². The first-order valence-corrected chi connectivity index (χ1v) is 12.3. The average Bonchev–Trinajstić information content (AvgIpc) is 2.83. The van der Waals surface area contributed by atoms with Crippen LogP contribution in [0, 0.1) is 13.8 Å². The van der Waals surface area contributed by atoms with Crippen LogP contribution in [0.5, 0.6) is 5.75 Å². The average molecular weight is 573 g/mol. The van der Waals surface area contributed by atoms with E-state index in [9.17, 15) is 19.2 Å². The van der Waals surface area contributed by atoms with Crippen LogP contribution >= 0.6 is 34.8 Å². The van der Waals surface area contributed by atoms with Gasteiger partial charge in [0.15, 0.2) is 12.4 Å². The summed E-state index contributed by atoms with van der Waals surface area (Å²) in [5, 5.41) is 5.28. The summed E-state index contributed by atoms with van der Waals surface area (Å²) in [6.45, 7) is 3.25. The number of ether oxygens (including phenoxy) is 1. The van der Waals surface area contributed by atoms with Crippen molar-refractivity contribution in [3.05, 3.63) is 91.9 Å². The molecular formula is C27H20Cl3N3O5. The van der Waals surface area contributed by atoms with Crippen LogP contribution in [0.1, 0.15) is 16.7 Å². The first kappa shape index (κ1) is 27.2. The van der Waals surface area contributed by atoms with E-state index >= 15 is 0 Å². The largest absolute Gasteiger partial charge is 0.481 e. The van der Waals surface area contributed by atoms with Crippen molar-refractivity contribution < 1.29 is 23.9 Å². The Morgan fingerprint density at radius 2 is 1.71 bits per heavy atom. The van der Waals surface area contributed by atoms with E-state index in [1.807, 2.05) is 25.1 Å². The van der Waals surface area contributed by atoms with E-state index < -0.39 is 23.8 Å². The molecule has 1 saturated heterocycles. The van der Waals surface area contributed by atoms with E-state index in [1.165, 1.54) is 24.3 Å². The molecule has 0 atom stereocenters. The van der Waals surface area contributed by atoms with Crippen LogP contribution in [-0.2, 0) is 14.4 Å². The van der Waals surface area contributed by atoms with Crippen molar-refractivity contribution in [1.82, 2.24) is 5.32 Å². The molecule has 1 aliphatic heterocycles. The molecule has 8 nitrogen and oxygen atoms in total. The molecule has 0 aliphatic carbocycles. The van der Waals surface area contributed by atoms with Gasteiger partial charge in [0.25, 0.3) is 17.7 Å². The maximum Gasteiger partial charge on any atom is 0.335 e. The maximum absolute atomic E-state index is 13.2. The summed E-state index contributed by atoms with van der Waals surface area (Å²) >= 11 is 18.7. The second-order valence-electron chi connectivity index (χ2n) is 8.41. The fourth-order valence-electron chi connectivity index (χ4n) is 3.72. The lowest BCUT2D eigenvalue weighted by atomic mass is 10.1. The van der Waals surface area contributed by atoms with Crippen molar-refractivity contribution in [2.24, 2.45) is 0 Å². The number of amides is 5. The number of hydrogen-bond donors (Lipinski definition) is 2. The number of barbiturate groups is 1. The van der Waals surface area contributed by atoms with Gasteiger partial charge in [-0.1, -0.05) is 53.0 Å². The van der Waals surface area contributed by atoms with Crippen molar-refractivity contribution in [3.63, 3.8) is 0 Å². The summed E-state index contributed by atoms with van der Waals surface area (Å²) in [6.07, 6.45) is 1.25. The number of aryl methyl sites for hydroxylation is 2. The highest BCUT2D eigenvalue weighted by atomic mass is 35.5. The summed E-state index contributed by atoms with van der Waals surface area (Å²) in [4.78, 5) is 51.3. The van der Waals surface area contributed by atoms with Gasteiger partial charge in [0.2, 0.25) is 0 Å². The molecule has 5 amide bonds. The molecule has 1 heterocycles. The van der Waals surface area contributed by atoms with Crippen LogP contribution in [0.25, 0.3) is 6.08 Å². The van der Waals surface area contributed by atoms with Crippen LogP contribution in [0.4, 0.5) is 16.2 Å². The molecule has 0 unspecified atom stereocenters. The smallest absolute Gasteiger partial charge is 0.335 e. The molecule has 1 fully saturated rings. The first-order valence-electron chi connectivity index (χ1n) is 11.2. The lowest BCUT2D eigenvalue weighted by molar-refractivity contribution is -0.122. The third-order valence-electron chi connectivity index (χ3n) is 5.49. The number of carbonyl (C=O) groups is 4. The van der Waals surface area contributed by atoms with Crippen molar-refractivity contribution in [1.29, 1.82) is 0 Å². The van der Waals surface area contributed by atoms with Crippen LogP contribution < -0.4 is 20.3 Å². The minimum atomic E-state index is -0.897. The van der Waals surface area contributed by atoms with Crippen molar-refractivity contribution >= 4 is 76.0 Å². The molecule has 1 aliphatic rings. The SMILES string of the molecule is Cc1cccc(NC(=O)COc2c(Cl)cc(/C=C3\C(=O)NC(=O)N(c4cc(Cl)ccc4C)C3=O)cc2Cl)c1. The highest BCUT2D eigenvalue weighted by molar-refractivity contribution is 6.40. The first-order chi connectivity index (χ1) is 18.0. The third kappa shape index (κ3) is 5.99. The summed E-state index contributed by atoms with van der Waals surface area (Å²) < 4.78 is 5.52. The maximum atomic E-state index is 13.2. The normalized spacial score (nSPS) is 14.5. The molecule has 2 N–H and O–H groups in total. The Hall–Kier alpha value is -3.85. The highest BCUT2D eigenvalue weighted by Gasteiger charge is 2.37. The molecule has 0 spiro atoms. The Labute approximate surface area is 233 Å². The standard InChI is InChI=1S/C27H20Cl3N3O5/c1-14-4-3-5-18(8-14)31-23(34)13-38-24-20(29)10-16(11-21(24)30)9-19-25(35)32-27(37)33(26(19)36)22-12-17(28)7-6-15(22)2/h3-12H,13H2,1-2H3,(H,31,34)(H,32,35,37)/b19-9+. The Morgan fingerprint density at radius 1 is 1.00 bits per heavy atom. The second kappa shape index (κ2) is 11.3. The number of halogens is 3. The molecule has 4 rings (SSSR count). The summed E-state index contributed by atoms with van der Waals surface area (Å²) in [5.74, 6) is -2.08. The van der Waals surface area contributed by atoms with Gasteiger partial charge >= 0.3 is 6.03 Å². The van der Waals surface area contributed by atoms with Gasteiger partial charge in [-0.15, -0.1) is 0 Å². The second-order valence-corrected chi connectivity index (χ2v) is 9.66. The number of carbonyl (C=O) groups excluding carboxylic acids is 4. The molecular weight excluding hydrogens is 553 g/mol. The van der Waals surface area contributed by atoms with E-state index in [1.54, 1.807) is 25.1 Å². The van der Waals surface area contributed by atoms with Gasteiger partial charge in [-0.05, 0) is 73.0 Å². The lowest BCUT2D eigenvalue weighted by Crippen LogP contribution is -2.54. The monoisotopic (exact) mass is 571 g/mol. The van der Waals surface area contributed by atoms with Crippen molar-refractivity contribution in [2.45, 2.75) is 13.8 Å². The molecule has 0 aromatic heterocycles. The number of anilines is 2. The van der Waals surface area contributed by atoms with Gasteiger partial charge in [0.1, 0.15) is 5.57 Å². The fourth-order valence-corrected chi connectivity index (χ4v) is 4.50. The number of nitrogens with zero attached hydrogens (tertiary/aromatic N) is 1. The van der Waals surface area contributed by atoms with E-state index in [-0.39, 0.29) is 33.7 Å². The topological polar surface area (TPSA) is 105 Å². The summed E-state index contributed by atoms with van der Waals surface area (Å²) in [5.41, 5.74) is 2.43. The van der Waals surface area contributed by atoms with Gasteiger partial charge in [0, 0.05) is 10.7 Å². The number of imide groups is 2. The lowest BCUT2D eigenvalue weighted by Gasteiger charge is -2.27. The van der Waals surface area contributed by atoms with E-state index in [0.29, 0.717) is 21.8 Å². The Kier molecular flexibility index (Phi) is 8.06. The predicted octanol–water partition coefficient (Wildman–Crippen LogP) is 5.95. The highest BCUT2D eigenvalue weighted by Crippen LogP contribution is 2.35. The zero-order valence-electron chi connectivity index (χ0n) is 20.1. The summed E-state index contributed by atoms with van der Waals surface area (Å²) in [6, 6.07) is 13.9. The van der Waals surface area contributed by atoms with E-state index in [4.69, 9.17) is 39.5 Å². The van der Waals surface area contributed by atoms with Gasteiger partial charge < -0.3 is 10.1 Å². The van der Waals surface area contributed by atoms with Gasteiger partial charge in [-0.3, -0.25) is 19.7 Å². The van der Waals surface area contributed by atoms with Gasteiger partial charge in [0.05, 0.1) is 15.7 Å². The zero-order valence-corrected chi connectivity index (χ0v) is 22.4. The minimum absolute atomic E-state index is 0.0509. The van der Waals surface area contributed by atoms with Gasteiger partial charge in [-0.2, -0.15) is 0 Å². The van der Waals surface area contributed by atoms with Crippen molar-refractivity contribution in [3.8, 4) is 5.75 Å². The number of hydrogen-bond acceptors (Lipinski definition) is 5. The van der Waals surface area contributed by atoms with Gasteiger partial charge in [-0.25, -0.2) is 9.69 Å². The molecule has 194 valence electrons.